The molecule has 6 nitrogen and oxygen atoms in total. The first-order chi connectivity index (χ1) is 10.7. The predicted octanol–water partition coefficient (Wildman–Crippen LogP) is 3.56. The van der Waals surface area contributed by atoms with Gasteiger partial charge in [-0.15, -0.1) is 0 Å². The molecule has 0 bridgehead atoms. The van der Waals surface area contributed by atoms with Crippen molar-refractivity contribution >= 4 is 16.7 Å². The van der Waals surface area contributed by atoms with Gasteiger partial charge in [0.05, 0.1) is 5.39 Å². The summed E-state index contributed by atoms with van der Waals surface area (Å²) in [7, 11) is 0. The van der Waals surface area contributed by atoms with Crippen LogP contribution in [0, 0.1) is 5.39 Å². The van der Waals surface area contributed by atoms with E-state index in [2.05, 4.69) is 4.98 Å². The van der Waals surface area contributed by atoms with Crippen molar-refractivity contribution in [3.8, 4) is 11.5 Å². The molecule has 0 aliphatic heterocycles. The van der Waals surface area contributed by atoms with Crippen LogP contribution in [0.5, 0.6) is 11.5 Å². The minimum absolute atomic E-state index is 0.182. The molecule has 0 fully saturated rings. The fourth-order valence-corrected chi connectivity index (χ4v) is 2.07. The molecule has 3 aromatic rings. The third kappa shape index (κ3) is 2.47. The first-order valence-corrected chi connectivity index (χ1v) is 6.50. The fraction of sp³-hybridized carbons (Fsp3) is 0.0625. The largest absolute Gasteiger partial charge is 0.510 e. The molecule has 1 heterocycles. The van der Waals surface area contributed by atoms with E-state index in [0.717, 1.165) is 5.56 Å². The van der Waals surface area contributed by atoms with Gasteiger partial charge in [-0.1, -0.05) is 30.3 Å². The van der Waals surface area contributed by atoms with Crippen molar-refractivity contribution < 1.29 is 14.3 Å². The Morgan fingerprint density at radius 2 is 1.95 bits per heavy atom. The van der Waals surface area contributed by atoms with Crippen molar-refractivity contribution in [1.29, 1.82) is 5.39 Å². The molecule has 0 saturated heterocycles. The van der Waals surface area contributed by atoms with E-state index < -0.39 is 17.1 Å². The van der Waals surface area contributed by atoms with Crippen molar-refractivity contribution in [2.45, 2.75) is 6.61 Å². The summed E-state index contributed by atoms with van der Waals surface area (Å²) >= 11 is 0. The highest BCUT2D eigenvalue weighted by Gasteiger charge is 2.25. The van der Waals surface area contributed by atoms with Crippen LogP contribution in [0.25, 0.3) is 15.9 Å². The van der Waals surface area contributed by atoms with Crippen LogP contribution in [0.3, 0.4) is 0 Å². The zero-order valence-electron chi connectivity index (χ0n) is 11.4. The standard InChI is InChI=1S/C16H10N2O4/c17-18-14-15(19)12-8-11(6-7-13(12)22-16(14)20)21-9-10-4-2-1-3-5-10/h1-8H,9H2/p+1. The Bertz CT molecular complexity index is 927. The van der Waals surface area contributed by atoms with Crippen molar-refractivity contribution in [2.24, 2.45) is 0 Å². The molecule has 3 rings (SSSR count). The van der Waals surface area contributed by atoms with E-state index in [9.17, 15) is 9.90 Å². The first-order valence-electron chi connectivity index (χ1n) is 6.50. The lowest BCUT2D eigenvalue weighted by molar-refractivity contribution is 0.306. The minimum Gasteiger partial charge on any atom is -0.501 e. The third-order valence-electron chi connectivity index (χ3n) is 3.17. The maximum Gasteiger partial charge on any atom is 0.510 e. The van der Waals surface area contributed by atoms with Crippen molar-refractivity contribution in [3.63, 3.8) is 0 Å². The summed E-state index contributed by atoms with van der Waals surface area (Å²) in [5, 5.41) is 19.0. The van der Waals surface area contributed by atoms with Crippen LogP contribution in [0.4, 0.5) is 5.69 Å². The Labute approximate surface area is 124 Å². The van der Waals surface area contributed by atoms with Gasteiger partial charge in [-0.25, -0.2) is 4.79 Å². The number of hydrogen-bond acceptors (Lipinski definition) is 5. The van der Waals surface area contributed by atoms with Crippen LogP contribution in [-0.4, -0.2) is 5.11 Å². The second-order valence-corrected chi connectivity index (χ2v) is 4.62. The SMILES string of the molecule is N#[N+]c1c(O)c2cc(OCc3ccccc3)ccc2oc1=O. The van der Waals surface area contributed by atoms with E-state index in [0.29, 0.717) is 12.4 Å². The summed E-state index contributed by atoms with van der Waals surface area (Å²) in [6.07, 6.45) is 0. The molecule has 1 aromatic heterocycles. The number of aromatic hydroxyl groups is 1. The molecule has 0 unspecified atom stereocenters. The second kappa shape index (κ2) is 5.58. The molecule has 108 valence electrons. The molecule has 0 saturated carbocycles. The van der Waals surface area contributed by atoms with Gasteiger partial charge in [0.2, 0.25) is 11.1 Å². The number of benzene rings is 2. The van der Waals surface area contributed by atoms with E-state index in [-0.39, 0.29) is 11.0 Å². The van der Waals surface area contributed by atoms with Gasteiger partial charge in [-0.05, 0) is 23.8 Å². The Balaban J connectivity index is 1.96. The van der Waals surface area contributed by atoms with Crippen molar-refractivity contribution in [3.05, 3.63) is 69.5 Å². The topological polar surface area (TPSA) is 87.8 Å². The number of ether oxygens (including phenoxy) is 1. The monoisotopic (exact) mass is 295 g/mol. The van der Waals surface area contributed by atoms with Gasteiger partial charge in [0.15, 0.2) is 4.98 Å². The highest BCUT2D eigenvalue weighted by molar-refractivity contribution is 5.89. The number of diazo groups is 1. The van der Waals surface area contributed by atoms with Gasteiger partial charge in [0, 0.05) is 0 Å². The molecule has 0 amide bonds. The Hall–Kier alpha value is -3.33. The van der Waals surface area contributed by atoms with E-state index in [1.54, 1.807) is 6.07 Å². The fourth-order valence-electron chi connectivity index (χ4n) is 2.07. The maximum atomic E-state index is 11.5. The molecule has 6 heteroatoms. The second-order valence-electron chi connectivity index (χ2n) is 4.62. The van der Waals surface area contributed by atoms with E-state index in [1.807, 2.05) is 30.3 Å². The minimum atomic E-state index is -0.912. The molecule has 0 aliphatic rings. The highest BCUT2D eigenvalue weighted by Crippen LogP contribution is 2.33. The van der Waals surface area contributed by atoms with Gasteiger partial charge in [0.1, 0.15) is 17.9 Å². The third-order valence-corrected chi connectivity index (χ3v) is 3.17. The number of fused-ring (bicyclic) bond motifs is 1. The molecular formula is C16H11N2O4+. The van der Waals surface area contributed by atoms with Crippen molar-refractivity contribution in [2.75, 3.05) is 0 Å². The number of rotatable bonds is 3. The van der Waals surface area contributed by atoms with Crippen LogP contribution in [-0.2, 0) is 6.61 Å². The van der Waals surface area contributed by atoms with Gasteiger partial charge in [-0.3, -0.25) is 0 Å². The normalized spacial score (nSPS) is 10.3. The van der Waals surface area contributed by atoms with Gasteiger partial charge in [-0.2, -0.15) is 0 Å². The zero-order chi connectivity index (χ0) is 15.5. The smallest absolute Gasteiger partial charge is 0.501 e. The van der Waals surface area contributed by atoms with E-state index >= 15 is 0 Å². The molecule has 1 N–H and O–H groups in total. The van der Waals surface area contributed by atoms with Crippen LogP contribution in [0.1, 0.15) is 5.56 Å². The Morgan fingerprint density at radius 3 is 2.68 bits per heavy atom. The van der Waals surface area contributed by atoms with Gasteiger partial charge in [0.25, 0.3) is 0 Å². The molecule has 0 aliphatic carbocycles. The van der Waals surface area contributed by atoms with Crippen molar-refractivity contribution in [1.82, 2.24) is 0 Å². The van der Waals surface area contributed by atoms with E-state index in [4.69, 9.17) is 14.5 Å². The quantitative estimate of drug-likeness (QED) is 0.589. The Kier molecular flexibility index (Phi) is 3.46. The summed E-state index contributed by atoms with van der Waals surface area (Å²) < 4.78 is 10.6. The van der Waals surface area contributed by atoms with Crippen LogP contribution < -0.4 is 10.4 Å². The first kappa shape index (κ1) is 13.6. The number of hydrogen-bond donors (Lipinski definition) is 1. The van der Waals surface area contributed by atoms with Crippen LogP contribution in [0.15, 0.2) is 57.7 Å². The summed E-state index contributed by atoms with van der Waals surface area (Å²) in [4.78, 5) is 14.2. The molecule has 0 atom stereocenters. The lowest BCUT2D eigenvalue weighted by Crippen LogP contribution is -1.98. The summed E-state index contributed by atoms with van der Waals surface area (Å²) in [6.45, 7) is 0.362. The lowest BCUT2D eigenvalue weighted by atomic mass is 10.2. The average molecular weight is 295 g/mol. The Morgan fingerprint density at radius 1 is 1.18 bits per heavy atom. The zero-order valence-corrected chi connectivity index (χ0v) is 11.4. The summed E-state index contributed by atoms with van der Waals surface area (Å²) in [5.41, 5.74) is -0.266. The molecular weight excluding hydrogens is 284 g/mol. The molecule has 0 radical (unpaired) electrons. The maximum absolute atomic E-state index is 11.5. The summed E-state index contributed by atoms with van der Waals surface area (Å²) in [5.74, 6) is 0.0447. The van der Waals surface area contributed by atoms with Crippen LogP contribution in [0.2, 0.25) is 0 Å². The molecule has 2 aromatic carbocycles. The highest BCUT2D eigenvalue weighted by atomic mass is 16.5. The molecule has 22 heavy (non-hydrogen) atoms. The van der Waals surface area contributed by atoms with E-state index in [1.165, 1.54) is 12.1 Å². The predicted molar refractivity (Wildman–Crippen MR) is 79.7 cm³/mol. The number of nitrogens with zero attached hydrogens (tertiary/aromatic N) is 2. The average Bonchev–Trinajstić information content (AvgIpc) is 2.54. The van der Waals surface area contributed by atoms with Gasteiger partial charge >= 0.3 is 11.3 Å². The van der Waals surface area contributed by atoms with Crippen LogP contribution >= 0.6 is 0 Å². The van der Waals surface area contributed by atoms with Gasteiger partial charge < -0.3 is 14.3 Å². The molecule has 0 spiro atoms. The summed E-state index contributed by atoms with van der Waals surface area (Å²) in [6, 6.07) is 14.3. The lowest BCUT2D eigenvalue weighted by Gasteiger charge is -2.07.